The number of ketones is 1. The number of carbonyl (C=O) groups is 1. The van der Waals surface area contributed by atoms with E-state index in [0.717, 1.165) is 11.1 Å². The number of rotatable bonds is 5. The van der Waals surface area contributed by atoms with Gasteiger partial charge in [0.25, 0.3) is 0 Å². The average Bonchev–Trinajstić information content (AvgIpc) is 2.77. The molecule has 0 radical (unpaired) electrons. The molecular formula is C14H17N3O. The van der Waals surface area contributed by atoms with Crippen LogP contribution in [0.2, 0.25) is 0 Å². The predicted molar refractivity (Wildman–Crippen MR) is 70.2 cm³/mol. The molecule has 1 aromatic heterocycles. The fraction of sp³-hybridized carbons (Fsp3) is 0.286. The maximum atomic E-state index is 12.2. The lowest BCUT2D eigenvalue weighted by Gasteiger charge is -2.13. The standard InChI is InChI=1S/C14H17N3O/c1-17-10-11(9-16-17)7-14(18)13(8-15)12-5-3-2-4-6-12/h2-6,9-10,13H,7-8,15H2,1H3. The lowest BCUT2D eigenvalue weighted by molar-refractivity contribution is -0.119. The molecule has 1 aromatic carbocycles. The first-order valence-electron chi connectivity index (χ1n) is 5.96. The molecule has 0 saturated carbocycles. The number of carbonyl (C=O) groups excluding carboxylic acids is 1. The molecule has 2 rings (SSSR count). The Hall–Kier alpha value is -1.94. The van der Waals surface area contributed by atoms with Crippen LogP contribution in [-0.2, 0) is 18.3 Å². The van der Waals surface area contributed by atoms with Gasteiger partial charge in [0.1, 0.15) is 5.78 Å². The molecule has 94 valence electrons. The van der Waals surface area contributed by atoms with Crippen molar-refractivity contribution in [1.82, 2.24) is 9.78 Å². The molecule has 1 atom stereocenters. The van der Waals surface area contributed by atoms with E-state index in [4.69, 9.17) is 5.73 Å². The maximum Gasteiger partial charge on any atom is 0.146 e. The number of Topliss-reactive ketones (excluding diaryl/α,β-unsaturated/α-hetero) is 1. The zero-order chi connectivity index (χ0) is 13.0. The van der Waals surface area contributed by atoms with E-state index in [1.807, 2.05) is 43.6 Å². The van der Waals surface area contributed by atoms with Gasteiger partial charge in [0.05, 0.1) is 12.1 Å². The van der Waals surface area contributed by atoms with E-state index in [1.54, 1.807) is 10.9 Å². The third-order valence-corrected chi connectivity index (χ3v) is 2.96. The Labute approximate surface area is 106 Å². The highest BCUT2D eigenvalue weighted by Gasteiger charge is 2.19. The Kier molecular flexibility index (Phi) is 3.89. The molecule has 0 fully saturated rings. The molecule has 0 aliphatic carbocycles. The van der Waals surface area contributed by atoms with Crippen molar-refractivity contribution < 1.29 is 4.79 Å². The van der Waals surface area contributed by atoms with Crippen LogP contribution in [0.3, 0.4) is 0 Å². The Bertz CT molecular complexity index is 519. The van der Waals surface area contributed by atoms with Gasteiger partial charge >= 0.3 is 0 Å². The highest BCUT2D eigenvalue weighted by atomic mass is 16.1. The van der Waals surface area contributed by atoms with Crippen LogP contribution < -0.4 is 5.73 Å². The molecule has 1 heterocycles. The number of aromatic nitrogens is 2. The summed E-state index contributed by atoms with van der Waals surface area (Å²) in [5.74, 6) is -0.0943. The second kappa shape index (κ2) is 5.60. The van der Waals surface area contributed by atoms with Crippen molar-refractivity contribution in [1.29, 1.82) is 0 Å². The van der Waals surface area contributed by atoms with Crippen LogP contribution in [0.15, 0.2) is 42.7 Å². The third-order valence-electron chi connectivity index (χ3n) is 2.96. The van der Waals surface area contributed by atoms with E-state index in [0.29, 0.717) is 13.0 Å². The Morgan fingerprint density at radius 3 is 2.67 bits per heavy atom. The van der Waals surface area contributed by atoms with E-state index >= 15 is 0 Å². The number of nitrogens with zero attached hydrogens (tertiary/aromatic N) is 2. The number of hydrogen-bond donors (Lipinski definition) is 1. The molecule has 2 N–H and O–H groups in total. The van der Waals surface area contributed by atoms with Gasteiger partial charge in [-0.2, -0.15) is 5.10 Å². The zero-order valence-electron chi connectivity index (χ0n) is 10.4. The normalized spacial score (nSPS) is 12.3. The van der Waals surface area contributed by atoms with Gasteiger partial charge in [-0.05, 0) is 11.1 Å². The summed E-state index contributed by atoms with van der Waals surface area (Å²) < 4.78 is 1.70. The van der Waals surface area contributed by atoms with Gasteiger partial charge < -0.3 is 5.73 Å². The van der Waals surface area contributed by atoms with Crippen molar-refractivity contribution in [2.24, 2.45) is 12.8 Å². The summed E-state index contributed by atoms with van der Waals surface area (Å²) in [6, 6.07) is 9.67. The molecule has 0 amide bonds. The van der Waals surface area contributed by atoms with Crippen LogP contribution in [0.4, 0.5) is 0 Å². The summed E-state index contributed by atoms with van der Waals surface area (Å²) in [7, 11) is 1.84. The number of nitrogens with two attached hydrogens (primary N) is 1. The van der Waals surface area contributed by atoms with Gasteiger partial charge in [0.15, 0.2) is 0 Å². The molecule has 0 saturated heterocycles. The predicted octanol–water partition coefficient (Wildman–Crippen LogP) is 1.27. The Morgan fingerprint density at radius 2 is 2.11 bits per heavy atom. The highest BCUT2D eigenvalue weighted by molar-refractivity contribution is 5.87. The van der Waals surface area contributed by atoms with Gasteiger partial charge in [-0.1, -0.05) is 30.3 Å². The smallest absolute Gasteiger partial charge is 0.146 e. The second-order valence-electron chi connectivity index (χ2n) is 4.36. The van der Waals surface area contributed by atoms with Crippen molar-refractivity contribution in [3.63, 3.8) is 0 Å². The molecule has 2 aromatic rings. The summed E-state index contributed by atoms with van der Waals surface area (Å²) in [6.07, 6.45) is 3.96. The largest absolute Gasteiger partial charge is 0.329 e. The molecule has 4 nitrogen and oxygen atoms in total. The van der Waals surface area contributed by atoms with Crippen LogP contribution >= 0.6 is 0 Å². The van der Waals surface area contributed by atoms with Crippen molar-refractivity contribution in [3.8, 4) is 0 Å². The molecular weight excluding hydrogens is 226 g/mol. The van der Waals surface area contributed by atoms with Crippen molar-refractivity contribution >= 4 is 5.78 Å². The minimum absolute atomic E-state index is 0.136. The zero-order valence-corrected chi connectivity index (χ0v) is 10.4. The molecule has 4 heteroatoms. The number of benzene rings is 1. The van der Waals surface area contributed by atoms with E-state index in [9.17, 15) is 4.79 Å². The topological polar surface area (TPSA) is 60.9 Å². The van der Waals surface area contributed by atoms with Crippen LogP contribution in [0.1, 0.15) is 17.0 Å². The molecule has 0 aliphatic heterocycles. The van der Waals surface area contributed by atoms with Crippen LogP contribution in [0.5, 0.6) is 0 Å². The quantitative estimate of drug-likeness (QED) is 0.860. The minimum Gasteiger partial charge on any atom is -0.329 e. The fourth-order valence-corrected chi connectivity index (χ4v) is 2.03. The van der Waals surface area contributed by atoms with Gasteiger partial charge in [0.2, 0.25) is 0 Å². The summed E-state index contributed by atoms with van der Waals surface area (Å²) in [4.78, 5) is 12.2. The first kappa shape index (κ1) is 12.5. The first-order valence-corrected chi connectivity index (χ1v) is 5.96. The van der Waals surface area contributed by atoms with E-state index in [-0.39, 0.29) is 11.7 Å². The molecule has 18 heavy (non-hydrogen) atoms. The van der Waals surface area contributed by atoms with Gasteiger partial charge in [-0.25, -0.2) is 0 Å². The van der Waals surface area contributed by atoms with Crippen molar-refractivity contribution in [2.75, 3.05) is 6.54 Å². The molecule has 1 unspecified atom stereocenters. The minimum atomic E-state index is -0.230. The summed E-state index contributed by atoms with van der Waals surface area (Å²) >= 11 is 0. The lowest BCUT2D eigenvalue weighted by Crippen LogP contribution is -2.23. The molecule has 0 spiro atoms. The molecule has 0 aliphatic rings. The lowest BCUT2D eigenvalue weighted by atomic mass is 9.92. The second-order valence-corrected chi connectivity index (χ2v) is 4.36. The Balaban J connectivity index is 2.11. The van der Waals surface area contributed by atoms with Crippen LogP contribution in [-0.4, -0.2) is 22.1 Å². The maximum absolute atomic E-state index is 12.2. The summed E-state index contributed by atoms with van der Waals surface area (Å²) in [5, 5.41) is 4.06. The number of hydrogen-bond acceptors (Lipinski definition) is 3. The highest BCUT2D eigenvalue weighted by Crippen LogP contribution is 2.17. The summed E-state index contributed by atoms with van der Waals surface area (Å²) in [6.45, 7) is 0.336. The monoisotopic (exact) mass is 243 g/mol. The van der Waals surface area contributed by atoms with Gasteiger partial charge in [0, 0.05) is 26.2 Å². The average molecular weight is 243 g/mol. The molecule has 0 bridgehead atoms. The third kappa shape index (κ3) is 2.84. The SMILES string of the molecule is Cn1cc(CC(=O)C(CN)c2ccccc2)cn1. The van der Waals surface area contributed by atoms with Crippen molar-refractivity contribution in [2.45, 2.75) is 12.3 Å². The van der Waals surface area contributed by atoms with E-state index in [1.165, 1.54) is 0 Å². The van der Waals surface area contributed by atoms with Crippen LogP contribution in [0.25, 0.3) is 0 Å². The van der Waals surface area contributed by atoms with Gasteiger partial charge in [-0.3, -0.25) is 9.48 Å². The first-order chi connectivity index (χ1) is 8.70. The Morgan fingerprint density at radius 1 is 1.39 bits per heavy atom. The number of aryl methyl sites for hydroxylation is 1. The van der Waals surface area contributed by atoms with Crippen molar-refractivity contribution in [3.05, 3.63) is 53.9 Å². The van der Waals surface area contributed by atoms with E-state index in [2.05, 4.69) is 5.10 Å². The summed E-state index contributed by atoms with van der Waals surface area (Å²) in [5.41, 5.74) is 7.63. The van der Waals surface area contributed by atoms with Crippen LogP contribution in [0, 0.1) is 0 Å². The van der Waals surface area contributed by atoms with Gasteiger partial charge in [-0.15, -0.1) is 0 Å². The fourth-order valence-electron chi connectivity index (χ4n) is 2.03. The van der Waals surface area contributed by atoms with E-state index < -0.39 is 0 Å².